The summed E-state index contributed by atoms with van der Waals surface area (Å²) in [5.74, 6) is -4.45. The van der Waals surface area contributed by atoms with Crippen LogP contribution in [-0.2, 0) is 21.0 Å². The smallest absolute Gasteiger partial charge is 0.267 e. The Balaban J connectivity index is 1.85. The molecule has 2 heterocycles. The summed E-state index contributed by atoms with van der Waals surface area (Å²) in [6, 6.07) is 9.27. The van der Waals surface area contributed by atoms with Gasteiger partial charge in [0.25, 0.3) is 0 Å². The van der Waals surface area contributed by atoms with E-state index in [1.807, 2.05) is 0 Å². The van der Waals surface area contributed by atoms with Crippen molar-refractivity contribution in [3.63, 3.8) is 0 Å². The van der Waals surface area contributed by atoms with Crippen LogP contribution in [0.2, 0.25) is 0 Å². The molecule has 14 heteroatoms. The number of thioether (sulfide) groups is 1. The molecular weight excluding hydrogens is 552 g/mol. The fraction of sp³-hybridized carbons (Fsp3) is 0.280. The molecule has 1 unspecified atom stereocenters. The molecule has 0 saturated carbocycles. The zero-order valence-corrected chi connectivity index (χ0v) is 21.1. The largest absolute Gasteiger partial charge is 0.497 e. The molecule has 0 bridgehead atoms. The number of fused-ring (bicyclic) bond motifs is 1. The van der Waals surface area contributed by atoms with E-state index >= 15 is 0 Å². The summed E-state index contributed by atoms with van der Waals surface area (Å²) in [5, 5.41) is 0.454. The van der Waals surface area contributed by atoms with E-state index in [0.29, 0.717) is 15.8 Å². The Hall–Kier alpha value is -3.65. The number of para-hydroxylation sites is 1. The second-order valence-corrected chi connectivity index (χ2v) is 10.1. The van der Waals surface area contributed by atoms with Crippen LogP contribution in [0.5, 0.6) is 0 Å². The van der Waals surface area contributed by atoms with Crippen molar-refractivity contribution < 1.29 is 50.2 Å². The standard InChI is InChI=1S/C25H20F6N3O4S/c1-14(2)20-21(35)33(16-7-9-17(10-8-16)39-25(29,30)31)23(37)34(20,38-22(36)24(26,27)28)13-15-11-12-32-19-6-4-3-5-18(15)19/h3-12,14,20H,13H2,1-2H3/q+1/t20-,34?/m1/s1. The van der Waals surface area contributed by atoms with Crippen molar-refractivity contribution in [1.82, 2.24) is 4.98 Å². The molecule has 0 spiro atoms. The molecule has 1 aliphatic rings. The summed E-state index contributed by atoms with van der Waals surface area (Å²) in [5.41, 5.74) is -4.05. The maximum absolute atomic E-state index is 13.9. The van der Waals surface area contributed by atoms with E-state index in [4.69, 9.17) is 4.84 Å². The number of hydrogen-bond donors (Lipinski definition) is 0. The second kappa shape index (κ2) is 10.2. The minimum Gasteiger partial charge on any atom is -0.267 e. The minimum atomic E-state index is -5.49. The first-order valence-corrected chi connectivity index (χ1v) is 12.2. The number of pyridine rings is 1. The fourth-order valence-electron chi connectivity index (χ4n) is 4.53. The number of carbonyl (C=O) groups is 3. The van der Waals surface area contributed by atoms with Crippen LogP contribution in [0, 0.1) is 5.92 Å². The Bertz CT molecular complexity index is 1420. The van der Waals surface area contributed by atoms with E-state index in [2.05, 4.69) is 4.98 Å². The summed E-state index contributed by atoms with van der Waals surface area (Å²) < 4.78 is 76.8. The molecule has 2 atom stereocenters. The maximum Gasteiger partial charge on any atom is 0.497 e. The molecule has 1 aliphatic heterocycles. The fourth-order valence-corrected chi connectivity index (χ4v) is 5.07. The van der Waals surface area contributed by atoms with E-state index in [0.717, 1.165) is 24.3 Å². The van der Waals surface area contributed by atoms with E-state index in [-0.39, 0.29) is 16.1 Å². The highest BCUT2D eigenvalue weighted by molar-refractivity contribution is 8.00. The first kappa shape index (κ1) is 28.4. The number of carbonyl (C=O) groups excluding carboxylic acids is 3. The summed E-state index contributed by atoms with van der Waals surface area (Å²) in [6.07, 6.45) is -4.12. The highest BCUT2D eigenvalue weighted by Crippen LogP contribution is 2.41. The monoisotopic (exact) mass is 572 g/mol. The predicted octanol–water partition coefficient (Wildman–Crippen LogP) is 6.38. The van der Waals surface area contributed by atoms with Crippen LogP contribution in [-0.4, -0.2) is 45.3 Å². The van der Waals surface area contributed by atoms with Crippen LogP contribution in [0.1, 0.15) is 19.4 Å². The Kier molecular flexibility index (Phi) is 7.38. The molecule has 4 rings (SSSR count). The normalized spacial score (nSPS) is 20.2. The van der Waals surface area contributed by atoms with Gasteiger partial charge >= 0.3 is 29.6 Å². The minimum absolute atomic E-state index is 0.190. The molecule has 0 radical (unpaired) electrons. The van der Waals surface area contributed by atoms with Gasteiger partial charge in [0.1, 0.15) is 0 Å². The third-order valence-corrected chi connectivity index (χ3v) is 6.76. The molecule has 206 valence electrons. The molecule has 1 fully saturated rings. The number of anilines is 1. The Morgan fingerprint density at radius 1 is 1.03 bits per heavy atom. The van der Waals surface area contributed by atoms with Crippen LogP contribution < -0.4 is 4.90 Å². The van der Waals surface area contributed by atoms with Gasteiger partial charge in [-0.3, -0.25) is 14.6 Å². The van der Waals surface area contributed by atoms with Gasteiger partial charge in [0.05, 0.1) is 11.2 Å². The van der Waals surface area contributed by atoms with Crippen LogP contribution in [0.4, 0.5) is 36.8 Å². The number of hydrogen-bond acceptors (Lipinski definition) is 6. The van der Waals surface area contributed by atoms with Gasteiger partial charge in [0.2, 0.25) is 6.04 Å². The zero-order valence-electron chi connectivity index (χ0n) is 20.3. The van der Waals surface area contributed by atoms with E-state index in [9.17, 15) is 40.7 Å². The van der Waals surface area contributed by atoms with Gasteiger partial charge in [-0.2, -0.15) is 31.2 Å². The average molecular weight is 573 g/mol. The number of rotatable bonds is 6. The average Bonchev–Trinajstić information content (AvgIpc) is 3.04. The highest BCUT2D eigenvalue weighted by atomic mass is 32.2. The van der Waals surface area contributed by atoms with Crippen LogP contribution >= 0.6 is 11.8 Å². The van der Waals surface area contributed by atoms with Gasteiger partial charge in [-0.1, -0.05) is 32.0 Å². The number of imide groups is 1. The Labute approximate surface area is 221 Å². The summed E-state index contributed by atoms with van der Waals surface area (Å²) in [6.45, 7) is 2.31. The van der Waals surface area contributed by atoms with E-state index in [1.165, 1.54) is 26.1 Å². The van der Waals surface area contributed by atoms with Gasteiger partial charge in [-0.25, -0.2) is 9.59 Å². The predicted molar refractivity (Wildman–Crippen MR) is 128 cm³/mol. The second-order valence-electron chi connectivity index (χ2n) is 9.00. The number of urea groups is 1. The lowest BCUT2D eigenvalue weighted by Gasteiger charge is -2.33. The van der Waals surface area contributed by atoms with Crippen molar-refractivity contribution in [2.45, 2.75) is 43.0 Å². The third-order valence-electron chi connectivity index (χ3n) is 6.02. The van der Waals surface area contributed by atoms with Crippen LogP contribution in [0.25, 0.3) is 10.9 Å². The zero-order chi connectivity index (χ0) is 28.8. The first-order valence-electron chi connectivity index (χ1n) is 11.4. The number of hydroxylamine groups is 3. The molecule has 1 saturated heterocycles. The summed E-state index contributed by atoms with van der Waals surface area (Å²) in [7, 11) is 0. The molecule has 0 N–H and O–H groups in total. The van der Waals surface area contributed by atoms with Crippen molar-refractivity contribution in [2.24, 2.45) is 5.92 Å². The van der Waals surface area contributed by atoms with Crippen molar-refractivity contribution in [1.29, 1.82) is 0 Å². The molecular formula is C25H20F6N3O4S+. The topological polar surface area (TPSA) is 76.6 Å². The highest BCUT2D eigenvalue weighted by Gasteiger charge is 2.67. The van der Waals surface area contributed by atoms with Crippen LogP contribution in [0.15, 0.2) is 65.7 Å². The number of alkyl halides is 6. The molecule has 7 nitrogen and oxygen atoms in total. The van der Waals surface area contributed by atoms with Crippen molar-refractivity contribution in [2.75, 3.05) is 4.90 Å². The lowest BCUT2D eigenvalue weighted by Crippen LogP contribution is -2.59. The van der Waals surface area contributed by atoms with Crippen molar-refractivity contribution in [3.8, 4) is 0 Å². The van der Waals surface area contributed by atoms with Gasteiger partial charge in [-0.05, 0) is 52.8 Å². The third kappa shape index (κ3) is 5.57. The molecule has 1 aromatic heterocycles. The number of quaternary nitrogens is 1. The number of benzene rings is 2. The van der Waals surface area contributed by atoms with E-state index in [1.54, 1.807) is 24.3 Å². The first-order chi connectivity index (χ1) is 18.1. The number of nitrogens with zero attached hydrogens (tertiary/aromatic N) is 3. The Morgan fingerprint density at radius 3 is 2.26 bits per heavy atom. The number of aromatic nitrogens is 1. The number of amides is 3. The quantitative estimate of drug-likeness (QED) is 0.148. The van der Waals surface area contributed by atoms with Gasteiger partial charge < -0.3 is 0 Å². The van der Waals surface area contributed by atoms with Gasteiger partial charge in [-0.15, -0.1) is 0 Å². The lowest BCUT2D eigenvalue weighted by molar-refractivity contribution is -1.04. The molecule has 3 aromatic rings. The number of halogens is 6. The molecule has 39 heavy (non-hydrogen) atoms. The molecule has 3 amide bonds. The Morgan fingerprint density at radius 2 is 1.67 bits per heavy atom. The maximum atomic E-state index is 13.9. The summed E-state index contributed by atoms with van der Waals surface area (Å²) >= 11 is -0.420. The molecule has 0 aliphatic carbocycles. The van der Waals surface area contributed by atoms with Crippen molar-refractivity contribution >= 4 is 46.3 Å². The molecule has 2 aromatic carbocycles. The lowest BCUT2D eigenvalue weighted by atomic mass is 10.0. The SMILES string of the molecule is CC(C)[C@@H]1C(=O)N(c2ccc(SC(F)(F)F)cc2)C(=O)[N+]1(Cc1ccnc2ccccc12)OC(=O)C(F)(F)F. The summed E-state index contributed by atoms with van der Waals surface area (Å²) in [4.78, 5) is 49.0. The van der Waals surface area contributed by atoms with Crippen molar-refractivity contribution in [3.05, 3.63) is 66.4 Å². The van der Waals surface area contributed by atoms with E-state index < -0.39 is 64.5 Å². The van der Waals surface area contributed by atoms with Crippen LogP contribution in [0.3, 0.4) is 0 Å². The van der Waals surface area contributed by atoms with Gasteiger partial charge in [0.15, 0.2) is 6.54 Å². The van der Waals surface area contributed by atoms with Gasteiger partial charge in [0, 0.05) is 28.0 Å².